The highest BCUT2D eigenvalue weighted by molar-refractivity contribution is 6.31. The second-order valence-corrected chi connectivity index (χ2v) is 6.21. The van der Waals surface area contributed by atoms with E-state index in [0.29, 0.717) is 6.01 Å². The first-order valence-corrected chi connectivity index (χ1v) is 8.29. The van der Waals surface area contributed by atoms with Gasteiger partial charge in [0.2, 0.25) is 0 Å². The third-order valence-corrected chi connectivity index (χ3v) is 4.39. The smallest absolute Gasteiger partial charge is 0.300 e. The summed E-state index contributed by atoms with van der Waals surface area (Å²) in [5.74, 6) is 0.925. The third-order valence-electron chi connectivity index (χ3n) is 3.97. The summed E-state index contributed by atoms with van der Waals surface area (Å²) in [6.45, 7) is 3.78. The number of nitrogens with one attached hydrogen (secondary N) is 2. The van der Waals surface area contributed by atoms with Crippen molar-refractivity contribution in [3.8, 4) is 0 Å². The summed E-state index contributed by atoms with van der Waals surface area (Å²) >= 11 is 6.06. The largest absolute Gasteiger partial charge is 0.423 e. The fraction of sp³-hybridized carbons (Fsp3) is 0.222. The maximum Gasteiger partial charge on any atom is 0.300 e. The lowest BCUT2D eigenvalue weighted by atomic mass is 10.1. The van der Waals surface area contributed by atoms with E-state index in [1.165, 1.54) is 0 Å². The molecule has 5 nitrogen and oxygen atoms in total. The molecule has 0 atom stereocenters. The Morgan fingerprint density at radius 2 is 2.12 bits per heavy atom. The van der Waals surface area contributed by atoms with Crippen molar-refractivity contribution in [3.63, 3.8) is 0 Å². The minimum absolute atomic E-state index is 0.461. The van der Waals surface area contributed by atoms with Gasteiger partial charge in [-0.2, -0.15) is 4.98 Å². The molecule has 0 bridgehead atoms. The molecule has 4 rings (SSSR count). The van der Waals surface area contributed by atoms with Crippen LogP contribution in [0.5, 0.6) is 0 Å². The fourth-order valence-corrected chi connectivity index (χ4v) is 2.82. The second-order valence-electron chi connectivity index (χ2n) is 5.80. The third kappa shape index (κ3) is 2.95. The molecule has 0 saturated heterocycles. The second kappa shape index (κ2) is 6.17. The van der Waals surface area contributed by atoms with E-state index < -0.39 is 0 Å². The van der Waals surface area contributed by atoms with Crippen LogP contribution in [0.3, 0.4) is 0 Å². The molecule has 24 heavy (non-hydrogen) atoms. The van der Waals surface area contributed by atoms with Gasteiger partial charge in [0.25, 0.3) is 6.01 Å². The maximum absolute atomic E-state index is 6.06. The van der Waals surface area contributed by atoms with E-state index in [9.17, 15) is 0 Å². The Morgan fingerprint density at radius 1 is 1.21 bits per heavy atom. The number of anilines is 2. The summed E-state index contributed by atoms with van der Waals surface area (Å²) in [5.41, 5.74) is 4.46. The Labute approximate surface area is 144 Å². The molecule has 0 unspecified atom stereocenters. The lowest BCUT2D eigenvalue weighted by Crippen LogP contribution is -2.30. The lowest BCUT2D eigenvalue weighted by Gasteiger charge is -2.14. The van der Waals surface area contributed by atoms with Crippen molar-refractivity contribution in [3.05, 3.63) is 52.5 Å². The first-order chi connectivity index (χ1) is 11.7. The number of fused-ring (bicyclic) bond motifs is 1. The maximum atomic E-state index is 6.06. The van der Waals surface area contributed by atoms with Gasteiger partial charge < -0.3 is 15.1 Å². The number of rotatable bonds is 3. The highest BCUT2D eigenvalue weighted by Gasteiger charge is 2.11. The average Bonchev–Trinajstić information content (AvgIpc) is 3.00. The Balaban J connectivity index is 1.63. The molecule has 2 aromatic carbocycles. The van der Waals surface area contributed by atoms with Crippen LogP contribution in [0.4, 0.5) is 11.7 Å². The van der Waals surface area contributed by atoms with Crippen molar-refractivity contribution in [2.75, 3.05) is 18.4 Å². The van der Waals surface area contributed by atoms with Gasteiger partial charge in [0, 0.05) is 29.4 Å². The number of amidine groups is 1. The molecule has 2 N–H and O–H groups in total. The SMILES string of the molecule is Cc1cc(Nc2nc3cc(C4=NCCCN4)ccc3o2)ccc1Cl. The first-order valence-electron chi connectivity index (χ1n) is 7.91. The number of aliphatic imine (C=N–C) groups is 1. The number of nitrogens with zero attached hydrogens (tertiary/aromatic N) is 2. The van der Waals surface area contributed by atoms with Crippen LogP contribution in [0, 0.1) is 6.92 Å². The van der Waals surface area contributed by atoms with Crippen LogP contribution >= 0.6 is 11.6 Å². The van der Waals surface area contributed by atoms with Crippen molar-refractivity contribution >= 4 is 40.2 Å². The van der Waals surface area contributed by atoms with Crippen molar-refractivity contribution in [1.29, 1.82) is 0 Å². The monoisotopic (exact) mass is 340 g/mol. The highest BCUT2D eigenvalue weighted by Crippen LogP contribution is 2.25. The molecular weight excluding hydrogens is 324 g/mol. The van der Waals surface area contributed by atoms with Crippen LogP contribution in [0.25, 0.3) is 11.1 Å². The van der Waals surface area contributed by atoms with Gasteiger partial charge in [-0.15, -0.1) is 0 Å². The number of hydrogen-bond acceptors (Lipinski definition) is 5. The minimum atomic E-state index is 0.461. The average molecular weight is 341 g/mol. The van der Waals surface area contributed by atoms with Crippen molar-refractivity contribution in [2.45, 2.75) is 13.3 Å². The van der Waals surface area contributed by atoms with Crippen LogP contribution < -0.4 is 10.6 Å². The van der Waals surface area contributed by atoms with Gasteiger partial charge in [0.15, 0.2) is 5.58 Å². The zero-order valence-corrected chi connectivity index (χ0v) is 14.0. The van der Waals surface area contributed by atoms with Gasteiger partial charge in [0.1, 0.15) is 11.4 Å². The van der Waals surface area contributed by atoms with Gasteiger partial charge in [-0.1, -0.05) is 11.6 Å². The quantitative estimate of drug-likeness (QED) is 0.747. The van der Waals surface area contributed by atoms with E-state index >= 15 is 0 Å². The van der Waals surface area contributed by atoms with Crippen LogP contribution in [-0.4, -0.2) is 23.9 Å². The van der Waals surface area contributed by atoms with Gasteiger partial charge >= 0.3 is 0 Å². The Hall–Kier alpha value is -2.53. The number of hydrogen-bond donors (Lipinski definition) is 2. The molecule has 3 aromatic rings. The molecule has 0 spiro atoms. The van der Waals surface area contributed by atoms with E-state index in [1.807, 2.05) is 43.3 Å². The standard InChI is InChI=1S/C18H17ClN4O/c1-11-9-13(4-5-14(11)19)22-18-23-15-10-12(3-6-16(15)24-18)17-20-7-2-8-21-17/h3-6,9-10H,2,7-8H2,1H3,(H,20,21)(H,22,23). The Morgan fingerprint density at radius 3 is 2.92 bits per heavy atom. The Kier molecular flexibility index (Phi) is 3.86. The molecule has 1 aromatic heterocycles. The van der Waals surface area contributed by atoms with Crippen LogP contribution in [-0.2, 0) is 0 Å². The van der Waals surface area contributed by atoms with Gasteiger partial charge in [-0.25, -0.2) is 0 Å². The zero-order valence-electron chi connectivity index (χ0n) is 13.3. The van der Waals surface area contributed by atoms with Crippen molar-refractivity contribution in [1.82, 2.24) is 10.3 Å². The van der Waals surface area contributed by atoms with E-state index in [4.69, 9.17) is 16.0 Å². The van der Waals surface area contributed by atoms with Crippen LogP contribution in [0.1, 0.15) is 17.5 Å². The van der Waals surface area contributed by atoms with Crippen LogP contribution in [0.2, 0.25) is 5.02 Å². The predicted octanol–water partition coefficient (Wildman–Crippen LogP) is 4.27. The summed E-state index contributed by atoms with van der Waals surface area (Å²) in [5, 5.41) is 7.24. The van der Waals surface area contributed by atoms with Crippen molar-refractivity contribution < 1.29 is 4.42 Å². The highest BCUT2D eigenvalue weighted by atomic mass is 35.5. The molecule has 0 aliphatic carbocycles. The molecule has 2 heterocycles. The summed E-state index contributed by atoms with van der Waals surface area (Å²) in [7, 11) is 0. The number of halogens is 1. The molecule has 0 radical (unpaired) electrons. The molecule has 0 fully saturated rings. The van der Waals surface area contributed by atoms with Gasteiger partial charge in [-0.05, 0) is 55.3 Å². The number of oxazole rings is 1. The molecule has 122 valence electrons. The number of benzene rings is 2. The van der Waals surface area contributed by atoms with E-state index in [0.717, 1.165) is 58.3 Å². The molecule has 1 aliphatic rings. The molecule has 1 aliphatic heterocycles. The molecule has 6 heteroatoms. The topological polar surface area (TPSA) is 62.5 Å². The Bertz CT molecular complexity index is 932. The summed E-state index contributed by atoms with van der Waals surface area (Å²) in [6, 6.07) is 12.1. The summed E-state index contributed by atoms with van der Waals surface area (Å²) < 4.78 is 5.77. The number of aryl methyl sites for hydroxylation is 1. The fourth-order valence-electron chi connectivity index (χ4n) is 2.70. The van der Waals surface area contributed by atoms with Crippen LogP contribution in [0.15, 0.2) is 45.8 Å². The van der Waals surface area contributed by atoms with E-state index in [1.54, 1.807) is 0 Å². The summed E-state index contributed by atoms with van der Waals surface area (Å²) in [4.78, 5) is 9.04. The van der Waals surface area contributed by atoms with Gasteiger partial charge in [-0.3, -0.25) is 4.99 Å². The minimum Gasteiger partial charge on any atom is -0.423 e. The predicted molar refractivity (Wildman–Crippen MR) is 97.5 cm³/mol. The normalized spacial score (nSPS) is 14.3. The number of aromatic nitrogens is 1. The van der Waals surface area contributed by atoms with Crippen molar-refractivity contribution in [2.24, 2.45) is 4.99 Å². The van der Waals surface area contributed by atoms with Gasteiger partial charge in [0.05, 0.1) is 0 Å². The molecule has 0 amide bonds. The molecule has 0 saturated carbocycles. The zero-order chi connectivity index (χ0) is 16.5. The molecular formula is C18H17ClN4O. The summed E-state index contributed by atoms with van der Waals surface area (Å²) in [6.07, 6.45) is 1.07. The van der Waals surface area contributed by atoms with E-state index in [-0.39, 0.29) is 0 Å². The lowest BCUT2D eigenvalue weighted by molar-refractivity contribution is 0.623. The first kappa shape index (κ1) is 15.0. The van der Waals surface area contributed by atoms with E-state index in [2.05, 4.69) is 20.6 Å².